The number of hydrogen-bond donors (Lipinski definition) is 1. The first-order valence-corrected chi connectivity index (χ1v) is 10.9. The lowest BCUT2D eigenvalue weighted by molar-refractivity contribution is -0.137. The average Bonchev–Trinajstić information content (AvgIpc) is 2.69. The summed E-state index contributed by atoms with van der Waals surface area (Å²) in [5.74, 6) is 0. The monoisotopic (exact) mass is 427 g/mol. The zero-order valence-corrected chi connectivity index (χ0v) is 17.1. The van der Waals surface area contributed by atoms with Crippen molar-refractivity contribution in [2.24, 2.45) is 0 Å². The second-order valence-corrected chi connectivity index (χ2v) is 8.77. The Balaban J connectivity index is 2.04. The fraction of sp³-hybridized carbons (Fsp3) is 0.400. The first-order chi connectivity index (χ1) is 13.6. The van der Waals surface area contributed by atoms with Gasteiger partial charge in [0, 0.05) is 20.1 Å². The van der Waals surface area contributed by atoms with Gasteiger partial charge >= 0.3 is 6.18 Å². The van der Waals surface area contributed by atoms with Crippen LogP contribution in [0, 0.1) is 6.92 Å². The zero-order chi connectivity index (χ0) is 21.2. The van der Waals surface area contributed by atoms with Crippen LogP contribution in [0.25, 0.3) is 0 Å². The molecule has 0 atom stereocenters. The highest BCUT2D eigenvalue weighted by Gasteiger charge is 2.37. The van der Waals surface area contributed by atoms with Crippen molar-refractivity contribution < 1.29 is 21.6 Å². The molecule has 0 amide bonds. The van der Waals surface area contributed by atoms with Gasteiger partial charge in [-0.25, -0.2) is 13.4 Å². The lowest BCUT2D eigenvalue weighted by atomic mass is 10.0. The summed E-state index contributed by atoms with van der Waals surface area (Å²) in [4.78, 5) is 0.0465. The van der Waals surface area contributed by atoms with Crippen LogP contribution in [0.15, 0.2) is 47.4 Å². The predicted octanol–water partition coefficient (Wildman–Crippen LogP) is 4.65. The minimum atomic E-state index is -4.55. The molecule has 1 N–H and O–H groups in total. The Morgan fingerprint density at radius 2 is 1.62 bits per heavy atom. The molecule has 158 valence electrons. The molecule has 0 aliphatic carbocycles. The summed E-state index contributed by atoms with van der Waals surface area (Å²) in [6, 6.07) is 9.84. The summed E-state index contributed by atoms with van der Waals surface area (Å²) in [5, 5.41) is 3.38. The second-order valence-electron chi connectivity index (χ2n) is 7.09. The molecule has 29 heavy (non-hydrogen) atoms. The number of rotatable bonds is 5. The third-order valence-electron chi connectivity index (χ3n) is 5.11. The van der Waals surface area contributed by atoms with Crippen LogP contribution in [0.5, 0.6) is 0 Å². The molecule has 0 aromatic heterocycles. The molecule has 9 heteroatoms. The van der Waals surface area contributed by atoms with Gasteiger partial charge in [-0.2, -0.15) is 13.2 Å². The van der Waals surface area contributed by atoms with Crippen molar-refractivity contribution in [1.82, 2.24) is 5.01 Å². The molecule has 1 heterocycles. The van der Waals surface area contributed by atoms with Gasteiger partial charge in [-0.1, -0.05) is 24.6 Å². The summed E-state index contributed by atoms with van der Waals surface area (Å²) in [6.07, 6.45) is -1.69. The third-order valence-corrected chi connectivity index (χ3v) is 6.50. The summed E-state index contributed by atoms with van der Waals surface area (Å²) < 4.78 is 68.9. The van der Waals surface area contributed by atoms with Crippen molar-refractivity contribution in [1.29, 1.82) is 0 Å². The van der Waals surface area contributed by atoms with Crippen LogP contribution in [0.1, 0.15) is 30.4 Å². The number of halogens is 3. The van der Waals surface area contributed by atoms with Crippen LogP contribution in [0.4, 0.5) is 24.5 Å². The molecule has 1 fully saturated rings. The van der Waals surface area contributed by atoms with Crippen molar-refractivity contribution in [3.05, 3.63) is 53.6 Å². The molecule has 0 spiro atoms. The molecule has 1 aliphatic heterocycles. The number of hydrogen-bond acceptors (Lipinski definition) is 4. The molecule has 5 nitrogen and oxygen atoms in total. The molecule has 1 aliphatic rings. The van der Waals surface area contributed by atoms with E-state index in [0.29, 0.717) is 13.1 Å². The minimum Gasteiger partial charge on any atom is -0.308 e. The summed E-state index contributed by atoms with van der Waals surface area (Å²) >= 11 is 0. The van der Waals surface area contributed by atoms with E-state index in [1.807, 2.05) is 5.01 Å². The highest BCUT2D eigenvalue weighted by atomic mass is 32.2. The highest BCUT2D eigenvalue weighted by molar-refractivity contribution is 7.92. The Morgan fingerprint density at radius 3 is 2.21 bits per heavy atom. The Hall–Kier alpha value is -2.26. The van der Waals surface area contributed by atoms with E-state index in [0.717, 1.165) is 25.3 Å². The lowest BCUT2D eigenvalue weighted by Gasteiger charge is -2.38. The van der Waals surface area contributed by atoms with Crippen LogP contribution in [0.3, 0.4) is 0 Å². The number of anilines is 2. The van der Waals surface area contributed by atoms with Crippen molar-refractivity contribution >= 4 is 21.4 Å². The van der Waals surface area contributed by atoms with E-state index in [4.69, 9.17) is 0 Å². The van der Waals surface area contributed by atoms with Crippen LogP contribution >= 0.6 is 0 Å². The van der Waals surface area contributed by atoms with Crippen LogP contribution in [-0.2, 0) is 16.2 Å². The maximum Gasteiger partial charge on any atom is 0.418 e. The first-order valence-electron chi connectivity index (χ1n) is 9.38. The van der Waals surface area contributed by atoms with E-state index in [1.54, 1.807) is 25.2 Å². The van der Waals surface area contributed by atoms with Crippen molar-refractivity contribution in [3.8, 4) is 0 Å². The SMILES string of the molecule is Cc1c(NS(=O)(=O)c2ccccc2)ccc(C(F)(F)F)c1N(C)N1CCCCC1. The largest absolute Gasteiger partial charge is 0.418 e. The molecular formula is C20H24F3N3O2S. The Bertz CT molecular complexity index is 957. The topological polar surface area (TPSA) is 52.7 Å². The van der Waals surface area contributed by atoms with Crippen LogP contribution < -0.4 is 9.73 Å². The standard InChI is InChI=1S/C20H24F3N3O2S/c1-15-18(24-29(27,28)16-9-5-3-6-10-16)12-11-17(20(21,22)23)19(15)25(2)26-13-7-4-8-14-26/h3,5-6,9-12,24H,4,7-8,13-14H2,1-2H3. The molecule has 2 aromatic carbocycles. The van der Waals surface area contributed by atoms with E-state index in [-0.39, 0.29) is 21.8 Å². The minimum absolute atomic E-state index is 0.0346. The lowest BCUT2D eigenvalue weighted by Crippen LogP contribution is -2.44. The van der Waals surface area contributed by atoms with Crippen molar-refractivity contribution in [2.75, 3.05) is 29.9 Å². The number of nitrogens with one attached hydrogen (secondary N) is 1. The number of benzene rings is 2. The number of piperidine rings is 1. The van der Waals surface area contributed by atoms with Gasteiger partial charge in [-0.3, -0.25) is 4.72 Å². The van der Waals surface area contributed by atoms with E-state index in [1.165, 1.54) is 30.1 Å². The average molecular weight is 427 g/mol. The van der Waals surface area contributed by atoms with Crippen molar-refractivity contribution in [3.63, 3.8) is 0 Å². The molecule has 1 saturated heterocycles. The van der Waals surface area contributed by atoms with Gasteiger partial charge in [-0.05, 0) is 49.6 Å². The summed E-state index contributed by atoms with van der Waals surface area (Å²) in [5.41, 5.74) is -0.466. The third kappa shape index (κ3) is 4.67. The fourth-order valence-corrected chi connectivity index (χ4v) is 4.72. The Kier molecular flexibility index (Phi) is 6.09. The maximum atomic E-state index is 13.7. The van der Waals surface area contributed by atoms with E-state index >= 15 is 0 Å². The quantitative estimate of drug-likeness (QED) is 0.755. The summed E-state index contributed by atoms with van der Waals surface area (Å²) in [7, 11) is -2.32. The number of sulfonamides is 1. The molecule has 2 aromatic rings. The molecule has 3 rings (SSSR count). The first kappa shape index (κ1) is 21.4. The van der Waals surface area contributed by atoms with Gasteiger partial charge in [0.25, 0.3) is 10.0 Å². The summed E-state index contributed by atoms with van der Waals surface area (Å²) in [6.45, 7) is 2.83. The molecule has 0 bridgehead atoms. The van der Waals surface area contributed by atoms with E-state index < -0.39 is 21.8 Å². The maximum absolute atomic E-state index is 13.7. The number of nitrogens with zero attached hydrogens (tertiary/aromatic N) is 2. The zero-order valence-electron chi connectivity index (χ0n) is 16.3. The van der Waals surface area contributed by atoms with Gasteiger partial charge in [0.1, 0.15) is 0 Å². The number of alkyl halides is 3. The van der Waals surface area contributed by atoms with Gasteiger partial charge in [0.05, 0.1) is 21.8 Å². The highest BCUT2D eigenvalue weighted by Crippen LogP contribution is 2.41. The van der Waals surface area contributed by atoms with Gasteiger partial charge in [0.15, 0.2) is 0 Å². The molecule has 0 saturated carbocycles. The van der Waals surface area contributed by atoms with Gasteiger partial charge in [-0.15, -0.1) is 0 Å². The molecule has 0 unspecified atom stereocenters. The van der Waals surface area contributed by atoms with Crippen molar-refractivity contribution in [2.45, 2.75) is 37.3 Å². The smallest absolute Gasteiger partial charge is 0.308 e. The molecule has 0 radical (unpaired) electrons. The second kappa shape index (κ2) is 8.23. The van der Waals surface area contributed by atoms with Crippen LogP contribution in [0.2, 0.25) is 0 Å². The van der Waals surface area contributed by atoms with Crippen LogP contribution in [-0.4, -0.2) is 33.6 Å². The number of hydrazine groups is 1. The van der Waals surface area contributed by atoms with Gasteiger partial charge < -0.3 is 5.01 Å². The van der Waals surface area contributed by atoms with E-state index in [9.17, 15) is 21.6 Å². The van der Waals surface area contributed by atoms with Gasteiger partial charge in [0.2, 0.25) is 0 Å². The Morgan fingerprint density at radius 1 is 1.00 bits per heavy atom. The predicted molar refractivity (Wildman–Crippen MR) is 107 cm³/mol. The van der Waals surface area contributed by atoms with E-state index in [2.05, 4.69) is 4.72 Å². The normalized spacial score (nSPS) is 15.9. The molecular weight excluding hydrogens is 403 g/mol. The Labute approximate surface area is 169 Å². The fourth-order valence-electron chi connectivity index (χ4n) is 3.58.